The average Bonchev–Trinajstić information content (AvgIpc) is 2.10. The smallest absolute Gasteiger partial charge is 0.210 e. The summed E-state index contributed by atoms with van der Waals surface area (Å²) in [5, 5.41) is 0. The van der Waals surface area contributed by atoms with Crippen LogP contribution in [0.4, 0.5) is 0 Å². The first-order chi connectivity index (χ1) is 5.91. The van der Waals surface area contributed by atoms with E-state index in [0.717, 1.165) is 0 Å². The molecule has 0 spiro atoms. The molecule has 0 saturated carbocycles. The lowest BCUT2D eigenvalue weighted by atomic mass is 10.6. The van der Waals surface area contributed by atoms with Crippen molar-refractivity contribution >= 4 is 12.2 Å². The fourth-order valence-corrected chi connectivity index (χ4v) is 0.220. The van der Waals surface area contributed by atoms with Gasteiger partial charge >= 0.3 is 0 Å². The van der Waals surface area contributed by atoms with Crippen LogP contribution in [-0.4, -0.2) is 12.2 Å². The van der Waals surface area contributed by atoms with Crippen LogP contribution in [-0.2, 0) is 9.59 Å². The summed E-state index contributed by atoms with van der Waals surface area (Å²) in [6, 6.07) is 4.06. The van der Waals surface area contributed by atoms with Gasteiger partial charge in [0.05, 0.1) is 12.1 Å². The highest BCUT2D eigenvalue weighted by Crippen LogP contribution is 1.57. The monoisotopic (exact) mass is 156 g/mol. The molecule has 0 saturated heterocycles. The van der Waals surface area contributed by atoms with Gasteiger partial charge in [0.15, 0.2) is 0 Å². The van der Waals surface area contributed by atoms with Crippen LogP contribution in [0.25, 0.3) is 0 Å². The molecule has 0 atom stereocenters. The molecule has 4 heteroatoms. The summed E-state index contributed by atoms with van der Waals surface area (Å²) < 4.78 is 0. The summed E-state index contributed by atoms with van der Waals surface area (Å²) in [4.78, 5) is 24.7. The predicted octanol–water partition coefficient (Wildman–Crippen LogP) is -0.417. The van der Waals surface area contributed by atoms with E-state index in [9.17, 15) is 9.59 Å². The third-order valence-corrected chi connectivity index (χ3v) is 0.502. The Labute approximate surface area is 68.4 Å². The Morgan fingerprint density at radius 2 is 1.08 bits per heavy atom. The number of nitrogens with zero attached hydrogens (tertiary/aromatic N) is 2. The standard InChI is InChI=1S/C8N2O2/c11-7-9-5-3-1-2-4-6-10-8-12. The van der Waals surface area contributed by atoms with E-state index in [0.29, 0.717) is 0 Å². The number of hydrogen-bond acceptors (Lipinski definition) is 4. The second-order valence-electron chi connectivity index (χ2n) is 1.13. The minimum atomic E-state index is 1.21. The molecule has 0 aromatic heterocycles. The number of carbonyl (C=O) groups excluding carboxylic acids is 2. The number of hydrogen-bond donors (Lipinski definition) is 0. The molecule has 0 radical (unpaired) electrons. The summed E-state index contributed by atoms with van der Waals surface area (Å²) in [5.74, 6) is 8.82. The molecule has 54 valence electrons. The molecule has 0 aromatic rings. The van der Waals surface area contributed by atoms with Crippen molar-refractivity contribution < 1.29 is 9.59 Å². The van der Waals surface area contributed by atoms with E-state index in [1.54, 1.807) is 0 Å². The molecule has 0 amide bonds. The Hall–Kier alpha value is -2.56. The topological polar surface area (TPSA) is 58.9 Å². The second-order valence-corrected chi connectivity index (χ2v) is 1.13. The first kappa shape index (κ1) is 9.44. The molecule has 12 heavy (non-hydrogen) atoms. The highest BCUT2D eigenvalue weighted by molar-refractivity contribution is 5.41. The third-order valence-electron chi connectivity index (χ3n) is 0.502. The summed E-state index contributed by atoms with van der Waals surface area (Å²) in [6.45, 7) is 0. The molecule has 0 aliphatic heterocycles. The van der Waals surface area contributed by atoms with Crippen molar-refractivity contribution in [1.82, 2.24) is 0 Å². The van der Waals surface area contributed by atoms with Crippen molar-refractivity contribution in [3.8, 4) is 35.8 Å². The summed E-state index contributed by atoms with van der Waals surface area (Å²) in [5.41, 5.74) is 0. The summed E-state index contributed by atoms with van der Waals surface area (Å²) in [6.07, 6.45) is 2.41. The van der Waals surface area contributed by atoms with Crippen LogP contribution in [0.2, 0.25) is 0 Å². The van der Waals surface area contributed by atoms with Crippen LogP contribution in [0.15, 0.2) is 9.98 Å². The number of isocyanates is 2. The van der Waals surface area contributed by atoms with Crippen molar-refractivity contribution in [3.63, 3.8) is 0 Å². The number of rotatable bonds is 0. The van der Waals surface area contributed by atoms with Crippen molar-refractivity contribution in [1.29, 1.82) is 0 Å². The van der Waals surface area contributed by atoms with Crippen molar-refractivity contribution in [2.24, 2.45) is 9.98 Å². The average molecular weight is 156 g/mol. The van der Waals surface area contributed by atoms with Crippen molar-refractivity contribution in [2.75, 3.05) is 0 Å². The fourth-order valence-electron chi connectivity index (χ4n) is 0.220. The lowest BCUT2D eigenvalue weighted by Crippen LogP contribution is -1.53. The van der Waals surface area contributed by atoms with E-state index < -0.39 is 0 Å². The molecule has 0 rings (SSSR count). The SMILES string of the molecule is O=C=NC#CC#CC#CN=C=O. The molecule has 0 N–H and O–H groups in total. The molecule has 0 unspecified atom stereocenters. The van der Waals surface area contributed by atoms with Gasteiger partial charge in [-0.05, 0) is 0 Å². The maximum atomic E-state index is 9.45. The zero-order valence-electron chi connectivity index (χ0n) is 5.71. The molecule has 0 bridgehead atoms. The highest BCUT2D eigenvalue weighted by Gasteiger charge is 1.56. The summed E-state index contributed by atoms with van der Waals surface area (Å²) in [7, 11) is 0. The minimum absolute atomic E-state index is 1.21. The third kappa shape index (κ3) is 7.44. The number of aliphatic imine (C=N–C) groups is 2. The summed E-state index contributed by atoms with van der Waals surface area (Å²) >= 11 is 0. The Bertz CT molecular complexity index is 379. The molecule has 0 aromatic carbocycles. The van der Waals surface area contributed by atoms with Crippen LogP contribution >= 0.6 is 0 Å². The quantitative estimate of drug-likeness (QED) is 0.272. The van der Waals surface area contributed by atoms with Gasteiger partial charge in [-0.1, -0.05) is 0 Å². The first-order valence-corrected chi connectivity index (χ1v) is 2.55. The van der Waals surface area contributed by atoms with Gasteiger partial charge < -0.3 is 0 Å². The van der Waals surface area contributed by atoms with Crippen LogP contribution in [0.5, 0.6) is 0 Å². The van der Waals surface area contributed by atoms with E-state index in [-0.39, 0.29) is 0 Å². The zero-order chi connectivity index (χ0) is 9.07. The molecule has 0 aliphatic carbocycles. The van der Waals surface area contributed by atoms with Crippen molar-refractivity contribution in [3.05, 3.63) is 0 Å². The first-order valence-electron chi connectivity index (χ1n) is 2.55. The van der Waals surface area contributed by atoms with Gasteiger partial charge in [0.1, 0.15) is 0 Å². The molecule has 4 nitrogen and oxygen atoms in total. The maximum absolute atomic E-state index is 9.45. The van der Waals surface area contributed by atoms with E-state index >= 15 is 0 Å². The van der Waals surface area contributed by atoms with Gasteiger partial charge in [-0.15, -0.1) is 9.98 Å². The van der Waals surface area contributed by atoms with Gasteiger partial charge in [0.25, 0.3) is 0 Å². The van der Waals surface area contributed by atoms with E-state index in [2.05, 4.69) is 33.7 Å². The Kier molecular flexibility index (Phi) is 6.64. The lowest BCUT2D eigenvalue weighted by molar-refractivity contribution is 0.564. The van der Waals surface area contributed by atoms with Crippen LogP contribution in [0.3, 0.4) is 0 Å². The molecule has 0 aliphatic rings. The second kappa shape index (κ2) is 8.44. The zero-order valence-corrected chi connectivity index (χ0v) is 5.71. The van der Waals surface area contributed by atoms with E-state index in [1.807, 2.05) is 12.1 Å². The normalized spacial score (nSPS) is 4.33. The van der Waals surface area contributed by atoms with Gasteiger partial charge in [0.2, 0.25) is 12.2 Å². The largest absolute Gasteiger partial charge is 0.249 e. The van der Waals surface area contributed by atoms with Crippen LogP contribution in [0.1, 0.15) is 0 Å². The Balaban J connectivity index is 4.12. The molecular weight excluding hydrogens is 156 g/mol. The van der Waals surface area contributed by atoms with Crippen molar-refractivity contribution in [2.45, 2.75) is 0 Å². The molecular formula is C8N2O2. The van der Waals surface area contributed by atoms with Gasteiger partial charge in [0, 0.05) is 23.7 Å². The van der Waals surface area contributed by atoms with E-state index in [4.69, 9.17) is 0 Å². The van der Waals surface area contributed by atoms with Crippen LogP contribution in [0, 0.1) is 35.8 Å². The van der Waals surface area contributed by atoms with Gasteiger partial charge in [-0.3, -0.25) is 0 Å². The Morgan fingerprint density at radius 3 is 1.42 bits per heavy atom. The fraction of sp³-hybridized carbons (Fsp3) is 0. The predicted molar refractivity (Wildman–Crippen MR) is 39.6 cm³/mol. The minimum Gasteiger partial charge on any atom is -0.210 e. The highest BCUT2D eigenvalue weighted by atomic mass is 16.1. The van der Waals surface area contributed by atoms with E-state index in [1.165, 1.54) is 12.2 Å². The molecule has 0 heterocycles. The maximum Gasteiger partial charge on any atom is 0.249 e. The Morgan fingerprint density at radius 1 is 0.667 bits per heavy atom. The van der Waals surface area contributed by atoms with Gasteiger partial charge in [-0.2, -0.15) is 0 Å². The van der Waals surface area contributed by atoms with Crippen LogP contribution < -0.4 is 0 Å². The van der Waals surface area contributed by atoms with Gasteiger partial charge in [-0.25, -0.2) is 9.59 Å². The molecule has 0 fully saturated rings. The lowest BCUT2D eigenvalue weighted by Gasteiger charge is -1.53.